The number of benzene rings is 1. The minimum absolute atomic E-state index is 0.0103. The summed E-state index contributed by atoms with van der Waals surface area (Å²) in [5.41, 5.74) is 7.63. The Morgan fingerprint density at radius 3 is 2.55 bits per heavy atom. The second-order valence-corrected chi connectivity index (χ2v) is 10.1. The smallest absolute Gasteiger partial charge is 0.273 e. The van der Waals surface area contributed by atoms with Crippen molar-refractivity contribution in [2.75, 3.05) is 6.54 Å². The number of nitrogens with zero attached hydrogens (tertiary/aromatic N) is 2. The molecule has 2 heterocycles. The number of nitrogens with one attached hydrogen (secondary N) is 1. The molecule has 2 saturated carbocycles. The summed E-state index contributed by atoms with van der Waals surface area (Å²) in [4.78, 5) is 28.3. The zero-order valence-corrected chi connectivity index (χ0v) is 19.1. The number of carbonyl (C=O) groups excluding carboxylic acids is 2. The molecule has 3 N–H and O–H groups in total. The van der Waals surface area contributed by atoms with Crippen LogP contribution in [0.3, 0.4) is 0 Å². The number of rotatable bonds is 6. The summed E-state index contributed by atoms with van der Waals surface area (Å²) in [5.74, 6) is 1.39. The van der Waals surface area contributed by atoms with Crippen molar-refractivity contribution in [2.24, 2.45) is 11.7 Å². The number of carbonyl (C=O) groups is 2. The van der Waals surface area contributed by atoms with E-state index in [-0.39, 0.29) is 35.9 Å². The van der Waals surface area contributed by atoms with Crippen molar-refractivity contribution in [2.45, 2.75) is 81.8 Å². The van der Waals surface area contributed by atoms with Crippen LogP contribution < -0.4 is 11.1 Å². The highest BCUT2D eigenvalue weighted by Crippen LogP contribution is 2.40. The first-order valence-corrected chi connectivity index (χ1v) is 12.4. The van der Waals surface area contributed by atoms with E-state index >= 15 is 0 Å². The van der Waals surface area contributed by atoms with Crippen LogP contribution in [0.2, 0.25) is 0 Å². The van der Waals surface area contributed by atoms with Gasteiger partial charge in [0, 0.05) is 42.6 Å². The molecular formula is C26H34N4O3. The number of piperidine rings is 1. The third kappa shape index (κ3) is 5.29. The van der Waals surface area contributed by atoms with Crippen LogP contribution in [-0.2, 0) is 11.2 Å². The van der Waals surface area contributed by atoms with Crippen LogP contribution in [0.15, 0.2) is 40.9 Å². The fourth-order valence-electron chi connectivity index (χ4n) is 5.37. The molecule has 176 valence electrons. The molecule has 2 amide bonds. The maximum absolute atomic E-state index is 13.5. The molecule has 7 nitrogen and oxygen atoms in total. The van der Waals surface area contributed by atoms with E-state index < -0.39 is 0 Å². The third-order valence-electron chi connectivity index (χ3n) is 7.51. The first kappa shape index (κ1) is 22.1. The molecule has 0 spiro atoms. The van der Waals surface area contributed by atoms with Gasteiger partial charge in [-0.05, 0) is 63.4 Å². The Labute approximate surface area is 195 Å². The van der Waals surface area contributed by atoms with Crippen molar-refractivity contribution in [1.82, 2.24) is 15.4 Å². The Hall–Kier alpha value is -2.67. The van der Waals surface area contributed by atoms with Gasteiger partial charge in [-0.1, -0.05) is 35.5 Å². The zero-order valence-electron chi connectivity index (χ0n) is 19.1. The summed E-state index contributed by atoms with van der Waals surface area (Å²) in [6.07, 6.45) is 8.11. The second-order valence-electron chi connectivity index (χ2n) is 10.1. The lowest BCUT2D eigenvalue weighted by Crippen LogP contribution is -2.54. The average molecular weight is 451 g/mol. The zero-order chi connectivity index (χ0) is 22.8. The molecule has 1 aromatic carbocycles. The van der Waals surface area contributed by atoms with E-state index in [2.05, 4.69) is 27.5 Å². The molecule has 2 aliphatic carbocycles. The van der Waals surface area contributed by atoms with Crippen LogP contribution in [0, 0.1) is 5.92 Å². The van der Waals surface area contributed by atoms with E-state index in [0.29, 0.717) is 18.2 Å². The maximum Gasteiger partial charge on any atom is 0.273 e. The van der Waals surface area contributed by atoms with Gasteiger partial charge in [-0.3, -0.25) is 9.59 Å². The molecular weight excluding hydrogens is 416 g/mol. The Morgan fingerprint density at radius 1 is 1.06 bits per heavy atom. The van der Waals surface area contributed by atoms with Gasteiger partial charge in [0.25, 0.3) is 5.91 Å². The monoisotopic (exact) mass is 450 g/mol. The Kier molecular flexibility index (Phi) is 6.49. The van der Waals surface area contributed by atoms with E-state index in [1.165, 1.54) is 5.56 Å². The molecule has 7 heteroatoms. The van der Waals surface area contributed by atoms with E-state index in [1.54, 1.807) is 6.07 Å². The van der Waals surface area contributed by atoms with Crippen LogP contribution in [0.1, 0.15) is 79.1 Å². The van der Waals surface area contributed by atoms with Gasteiger partial charge >= 0.3 is 0 Å². The number of aromatic nitrogens is 1. The number of hydrogen-bond acceptors (Lipinski definition) is 5. The van der Waals surface area contributed by atoms with Crippen molar-refractivity contribution in [3.05, 3.63) is 53.4 Å². The van der Waals surface area contributed by atoms with Gasteiger partial charge in [-0.15, -0.1) is 0 Å². The SMILES string of the molecule is N[C@H]1CC[C@H](C(=O)N2CC[C@@H](NC(=O)c3cc(C4CC4)on3)C[C@@H]2Cc2ccccc2)CC1. The van der Waals surface area contributed by atoms with Crippen LogP contribution in [0.25, 0.3) is 0 Å². The molecule has 0 unspecified atom stereocenters. The van der Waals surface area contributed by atoms with E-state index in [4.69, 9.17) is 10.3 Å². The van der Waals surface area contributed by atoms with Gasteiger partial charge < -0.3 is 20.5 Å². The van der Waals surface area contributed by atoms with Crippen molar-refractivity contribution in [3.63, 3.8) is 0 Å². The Bertz CT molecular complexity index is 963. The lowest BCUT2D eigenvalue weighted by Gasteiger charge is -2.42. The van der Waals surface area contributed by atoms with Gasteiger partial charge in [-0.25, -0.2) is 0 Å². The number of hydrogen-bond donors (Lipinski definition) is 2. The molecule has 0 bridgehead atoms. The molecule has 3 fully saturated rings. The molecule has 1 aliphatic heterocycles. The number of nitrogens with two attached hydrogens (primary N) is 1. The molecule has 1 aromatic heterocycles. The fraction of sp³-hybridized carbons (Fsp3) is 0.577. The van der Waals surface area contributed by atoms with Crippen LogP contribution in [0.5, 0.6) is 0 Å². The first-order chi connectivity index (χ1) is 16.1. The molecule has 5 rings (SSSR count). The van der Waals surface area contributed by atoms with Gasteiger partial charge in [-0.2, -0.15) is 0 Å². The molecule has 2 atom stereocenters. The summed E-state index contributed by atoms with van der Waals surface area (Å²) in [5, 5.41) is 7.13. The Morgan fingerprint density at radius 2 is 1.82 bits per heavy atom. The largest absolute Gasteiger partial charge is 0.360 e. The second kappa shape index (κ2) is 9.67. The topological polar surface area (TPSA) is 101 Å². The lowest BCUT2D eigenvalue weighted by molar-refractivity contribution is -0.140. The van der Waals surface area contributed by atoms with Gasteiger partial charge in [0.05, 0.1) is 0 Å². The third-order valence-corrected chi connectivity index (χ3v) is 7.51. The minimum atomic E-state index is -0.185. The highest BCUT2D eigenvalue weighted by Gasteiger charge is 2.37. The van der Waals surface area contributed by atoms with Crippen molar-refractivity contribution in [1.29, 1.82) is 0 Å². The maximum atomic E-state index is 13.5. The summed E-state index contributed by atoms with van der Waals surface area (Å²) >= 11 is 0. The number of likely N-dealkylation sites (tertiary alicyclic amines) is 1. The van der Waals surface area contributed by atoms with Crippen molar-refractivity contribution < 1.29 is 14.1 Å². The molecule has 1 saturated heterocycles. The van der Waals surface area contributed by atoms with E-state index in [1.807, 2.05) is 18.2 Å². The molecule has 33 heavy (non-hydrogen) atoms. The quantitative estimate of drug-likeness (QED) is 0.702. The molecule has 3 aliphatic rings. The summed E-state index contributed by atoms with van der Waals surface area (Å²) in [6.45, 7) is 0.663. The van der Waals surface area contributed by atoms with Gasteiger partial charge in [0.1, 0.15) is 5.76 Å². The van der Waals surface area contributed by atoms with Gasteiger partial charge in [0.15, 0.2) is 5.69 Å². The molecule has 0 radical (unpaired) electrons. The highest BCUT2D eigenvalue weighted by atomic mass is 16.5. The molecule has 2 aromatic rings. The minimum Gasteiger partial charge on any atom is -0.360 e. The summed E-state index contributed by atoms with van der Waals surface area (Å²) in [6, 6.07) is 12.4. The van der Waals surface area contributed by atoms with Crippen LogP contribution >= 0.6 is 0 Å². The van der Waals surface area contributed by atoms with Crippen molar-refractivity contribution >= 4 is 11.8 Å². The van der Waals surface area contributed by atoms with Gasteiger partial charge in [0.2, 0.25) is 5.91 Å². The van der Waals surface area contributed by atoms with Crippen LogP contribution in [-0.4, -0.2) is 46.5 Å². The number of amides is 2. The highest BCUT2D eigenvalue weighted by molar-refractivity contribution is 5.92. The standard InChI is InChI=1S/C26H34N4O3/c27-20-10-8-19(9-11-20)26(32)30-13-12-21(15-22(30)14-17-4-2-1-3-5-17)28-25(31)23-16-24(33-29-23)18-6-7-18/h1-5,16,18-22H,6-15,27H2,(H,28,31)/t19-,20-,21-,22+/m1/s1. The Balaban J connectivity index is 1.26. The lowest BCUT2D eigenvalue weighted by atomic mass is 9.84. The fourth-order valence-corrected chi connectivity index (χ4v) is 5.37. The average Bonchev–Trinajstić information content (AvgIpc) is 3.56. The predicted octanol–water partition coefficient (Wildman–Crippen LogP) is 3.40. The summed E-state index contributed by atoms with van der Waals surface area (Å²) < 4.78 is 5.35. The predicted molar refractivity (Wildman–Crippen MR) is 125 cm³/mol. The van der Waals surface area contributed by atoms with E-state index in [0.717, 1.165) is 63.5 Å². The van der Waals surface area contributed by atoms with E-state index in [9.17, 15) is 9.59 Å². The first-order valence-electron chi connectivity index (χ1n) is 12.4. The van der Waals surface area contributed by atoms with Crippen LogP contribution in [0.4, 0.5) is 0 Å². The normalized spacial score (nSPS) is 27.8. The van der Waals surface area contributed by atoms with Crippen molar-refractivity contribution in [3.8, 4) is 0 Å². The summed E-state index contributed by atoms with van der Waals surface area (Å²) in [7, 11) is 0.